The van der Waals surface area contributed by atoms with Gasteiger partial charge in [-0.2, -0.15) is 0 Å². The number of nitrogens with zero attached hydrogens (tertiary/aromatic N) is 7. The topological polar surface area (TPSA) is 194 Å². The molecule has 18 heteroatoms. The Morgan fingerprint density at radius 2 is 1.59 bits per heavy atom. The Hall–Kier alpha value is -6.47. The molecule has 9 rings (SSSR count). The highest BCUT2D eigenvalue weighted by Gasteiger charge is 2.45. The number of nitrogens with one attached hydrogen (secondary N) is 2. The van der Waals surface area contributed by atoms with Crippen LogP contribution in [0.4, 0.5) is 0 Å². The van der Waals surface area contributed by atoms with Crippen LogP contribution in [0.15, 0.2) is 77.2 Å². The number of thiazole rings is 2. The fraction of sp³-hybridized carbons (Fsp3) is 0.353. The highest BCUT2D eigenvalue weighted by atomic mass is 32.1. The van der Waals surface area contributed by atoms with Gasteiger partial charge < -0.3 is 25.4 Å². The van der Waals surface area contributed by atoms with Gasteiger partial charge in [-0.05, 0) is 80.0 Å². The fourth-order valence-corrected chi connectivity index (χ4v) is 11.9. The van der Waals surface area contributed by atoms with E-state index >= 15 is 0 Å². The number of hydrogen-bond donors (Lipinski definition) is 3. The summed E-state index contributed by atoms with van der Waals surface area (Å²) in [5.74, 6) is -0.442. The molecule has 15 nitrogen and oxygen atoms in total. The molecule has 356 valence electrons. The lowest BCUT2D eigenvalue weighted by molar-refractivity contribution is -0.142. The first kappa shape index (κ1) is 47.6. The highest BCUT2D eigenvalue weighted by molar-refractivity contribution is 7.20. The van der Waals surface area contributed by atoms with Crippen molar-refractivity contribution < 1.29 is 29.0 Å². The van der Waals surface area contributed by atoms with Crippen LogP contribution < -0.4 is 10.6 Å². The number of β-amino-alcohol motifs (C(OH)–C–C–N with tert-alkyl or cyclic N) is 1. The van der Waals surface area contributed by atoms with Crippen LogP contribution in [0, 0.1) is 33.1 Å². The van der Waals surface area contributed by atoms with Crippen LogP contribution in [0.1, 0.15) is 107 Å². The fourth-order valence-electron chi connectivity index (χ4n) is 9.00. The first-order valence-electron chi connectivity index (χ1n) is 22.7. The van der Waals surface area contributed by atoms with Gasteiger partial charge in [0.1, 0.15) is 29.0 Å². The van der Waals surface area contributed by atoms with E-state index in [1.807, 2.05) is 118 Å². The monoisotopic (exact) mass is 983 g/mol. The van der Waals surface area contributed by atoms with E-state index in [4.69, 9.17) is 9.73 Å². The third-order valence-electron chi connectivity index (χ3n) is 12.9. The zero-order chi connectivity index (χ0) is 49.1. The van der Waals surface area contributed by atoms with Crippen molar-refractivity contribution in [2.24, 2.45) is 10.4 Å². The Bertz CT molecular complexity index is 3160. The molecule has 1 saturated heterocycles. The number of ether oxygens (including phenoxy) is 1. The third-order valence-corrected chi connectivity index (χ3v) is 16.1. The van der Waals surface area contributed by atoms with E-state index < -0.39 is 47.4 Å². The summed E-state index contributed by atoms with van der Waals surface area (Å²) in [6, 6.07) is 18.9. The van der Waals surface area contributed by atoms with E-state index in [2.05, 4.69) is 44.6 Å². The smallest absolute Gasteiger partial charge is 0.308 e. The number of aryl methyl sites for hydroxylation is 3. The van der Waals surface area contributed by atoms with E-state index in [9.17, 15) is 24.3 Å². The number of benzene rings is 3. The summed E-state index contributed by atoms with van der Waals surface area (Å²) in [5.41, 5.74) is 10.1. The van der Waals surface area contributed by atoms with Crippen LogP contribution in [0.2, 0.25) is 0 Å². The summed E-state index contributed by atoms with van der Waals surface area (Å²) in [5, 5.41) is 26.8. The van der Waals surface area contributed by atoms with E-state index in [-0.39, 0.29) is 36.3 Å². The minimum atomic E-state index is -1.03. The van der Waals surface area contributed by atoms with Gasteiger partial charge >= 0.3 is 5.97 Å². The van der Waals surface area contributed by atoms with Gasteiger partial charge in [0.2, 0.25) is 11.8 Å². The number of methoxy groups -OCH3 is 1. The Kier molecular flexibility index (Phi) is 13.0. The zero-order valence-corrected chi connectivity index (χ0v) is 42.2. The van der Waals surface area contributed by atoms with E-state index in [0.29, 0.717) is 17.2 Å². The van der Waals surface area contributed by atoms with Crippen LogP contribution in [0.3, 0.4) is 0 Å². The van der Waals surface area contributed by atoms with Crippen molar-refractivity contribution in [2.45, 2.75) is 98.5 Å². The average Bonchev–Trinajstić information content (AvgIpc) is 4.16. The van der Waals surface area contributed by atoms with Crippen molar-refractivity contribution >= 4 is 73.6 Å². The summed E-state index contributed by atoms with van der Waals surface area (Å²) >= 11 is 4.44. The molecular weight excluding hydrogens is 931 g/mol. The maximum Gasteiger partial charge on any atom is 0.308 e. The van der Waals surface area contributed by atoms with E-state index in [0.717, 1.165) is 69.8 Å². The molecule has 0 radical (unpaired) electrons. The number of aliphatic hydroxyl groups excluding tert-OH is 1. The Morgan fingerprint density at radius 3 is 2.28 bits per heavy atom. The number of esters is 1. The van der Waals surface area contributed by atoms with Gasteiger partial charge in [0.25, 0.3) is 5.91 Å². The minimum Gasteiger partial charge on any atom is -0.469 e. The normalized spacial score (nSPS) is 17.7. The van der Waals surface area contributed by atoms with Gasteiger partial charge in [-0.15, -0.1) is 44.2 Å². The maximum atomic E-state index is 14.4. The Morgan fingerprint density at radius 1 is 0.899 bits per heavy atom. The number of carbonyl (C=O) groups excluding carboxylic acids is 4. The standard InChI is InChI=1S/C51H53N9O6S3/c1-25-28(4)68-50-41(25)42(54-37(22-40(62)66-9)45-58-57-29(5)60(45)50)32-14-12-31(13-15-32)34-18-19-36-39(20-34)69-48(55-36)47(64)56-44(51(6,7)8)49(65)59-23-35(61)21-38(59)46(63)53-26(2)30-10-16-33(17-11-30)43-27(3)52-24-67-43/h10-20,24,26,35,37-38,44,61H,21-23H2,1-9H3,(H,53,63)(H,56,64)/t26-,35+,37-,38-,44+/m0/s1. The van der Waals surface area contributed by atoms with Crippen LogP contribution in [0.25, 0.3) is 36.8 Å². The van der Waals surface area contributed by atoms with E-state index in [1.54, 1.807) is 22.7 Å². The van der Waals surface area contributed by atoms with Crippen LogP contribution in [0.5, 0.6) is 0 Å². The Balaban J connectivity index is 0.914. The molecule has 6 heterocycles. The largest absolute Gasteiger partial charge is 0.469 e. The molecule has 0 spiro atoms. The van der Waals surface area contributed by atoms with Crippen molar-refractivity contribution in [1.82, 2.24) is 40.3 Å². The molecule has 3 amide bonds. The van der Waals surface area contributed by atoms with Crippen LogP contribution in [-0.2, 0) is 19.1 Å². The molecule has 2 aliphatic rings. The van der Waals surface area contributed by atoms with E-state index in [1.165, 1.54) is 23.3 Å². The SMILES string of the molecule is COC(=O)C[C@@H]1N=C(c2ccc(-c3ccc4nc(C(=O)N[C@H](C(=O)N5C[C@H](O)C[C@H]5C(=O)N[C@@H](C)c5ccc(-c6scnc6C)cc5)C(C)(C)C)sc4c3)cc2)c2c(sc(C)c2C)-n2c(C)nnc21. The lowest BCUT2D eigenvalue weighted by Crippen LogP contribution is -2.57. The average molecular weight is 984 g/mol. The van der Waals surface area contributed by atoms with Crippen molar-refractivity contribution in [3.63, 3.8) is 0 Å². The predicted octanol–water partition coefficient (Wildman–Crippen LogP) is 8.40. The summed E-state index contributed by atoms with van der Waals surface area (Å²) in [7, 11) is 1.36. The quantitative estimate of drug-likeness (QED) is 0.106. The number of aromatic nitrogens is 5. The third kappa shape index (κ3) is 9.25. The number of rotatable bonds is 11. The first-order chi connectivity index (χ1) is 32.9. The maximum absolute atomic E-state index is 14.4. The summed E-state index contributed by atoms with van der Waals surface area (Å²) in [4.78, 5) is 72.7. The number of hydrogen-bond acceptors (Lipinski definition) is 14. The molecule has 4 aromatic heterocycles. The number of fused-ring (bicyclic) bond motifs is 4. The van der Waals surface area contributed by atoms with Crippen molar-refractivity contribution in [2.75, 3.05) is 13.7 Å². The van der Waals surface area contributed by atoms with Gasteiger partial charge in [-0.1, -0.05) is 75.4 Å². The number of carbonyl (C=O) groups is 4. The van der Waals surface area contributed by atoms with Gasteiger partial charge in [-0.3, -0.25) is 28.7 Å². The zero-order valence-electron chi connectivity index (χ0n) is 39.8. The molecule has 2 aliphatic heterocycles. The predicted molar refractivity (Wildman–Crippen MR) is 269 cm³/mol. The number of aliphatic imine (C=N–C) groups is 1. The van der Waals surface area contributed by atoms with Gasteiger partial charge in [-0.25, -0.2) is 9.97 Å². The van der Waals surface area contributed by atoms with Crippen molar-refractivity contribution in [1.29, 1.82) is 0 Å². The van der Waals surface area contributed by atoms with Gasteiger partial charge in [0.05, 0.1) is 57.7 Å². The van der Waals surface area contributed by atoms with Crippen molar-refractivity contribution in [3.05, 3.63) is 122 Å². The molecule has 3 aromatic carbocycles. The molecule has 3 N–H and O–H groups in total. The second-order valence-corrected chi connectivity index (χ2v) is 21.8. The number of aliphatic hydroxyl groups is 1. The lowest BCUT2D eigenvalue weighted by Gasteiger charge is -2.35. The minimum absolute atomic E-state index is 0.0125. The van der Waals surface area contributed by atoms with Gasteiger partial charge in [0, 0.05) is 29.0 Å². The first-order valence-corrected chi connectivity index (χ1v) is 25.2. The molecule has 0 saturated carbocycles. The van der Waals surface area contributed by atoms with Gasteiger partial charge in [0.15, 0.2) is 10.8 Å². The number of amides is 3. The lowest BCUT2D eigenvalue weighted by atomic mass is 9.85. The summed E-state index contributed by atoms with van der Waals surface area (Å²) < 4.78 is 7.83. The second-order valence-electron chi connectivity index (χ2n) is 18.7. The molecule has 69 heavy (non-hydrogen) atoms. The summed E-state index contributed by atoms with van der Waals surface area (Å²) in [6.07, 6.45) is -0.814. The molecule has 0 unspecified atom stereocenters. The summed E-state index contributed by atoms with van der Waals surface area (Å²) in [6.45, 7) is 15.4. The molecule has 1 fully saturated rings. The highest BCUT2D eigenvalue weighted by Crippen LogP contribution is 2.40. The Labute approximate surface area is 411 Å². The van der Waals surface area contributed by atoms with Crippen LogP contribution in [-0.4, -0.2) is 96.0 Å². The number of thiophene rings is 1. The molecule has 0 aliphatic carbocycles. The van der Waals surface area contributed by atoms with Crippen molar-refractivity contribution in [3.8, 4) is 26.6 Å². The number of likely N-dealkylation sites (tertiary alicyclic amines) is 1. The van der Waals surface area contributed by atoms with Crippen LogP contribution >= 0.6 is 34.0 Å². The molecule has 7 aromatic rings. The molecule has 0 bridgehead atoms. The molecular formula is C51H53N9O6S3. The molecule has 5 atom stereocenters. The second kappa shape index (κ2) is 18.8.